The number of aromatic carboxylic acids is 1. The molecule has 0 unspecified atom stereocenters. The summed E-state index contributed by atoms with van der Waals surface area (Å²) in [7, 11) is 0. The van der Waals surface area contributed by atoms with Crippen molar-refractivity contribution in [3.63, 3.8) is 0 Å². The van der Waals surface area contributed by atoms with E-state index in [9.17, 15) is 9.18 Å². The van der Waals surface area contributed by atoms with Crippen molar-refractivity contribution in [2.75, 3.05) is 5.73 Å². The van der Waals surface area contributed by atoms with Gasteiger partial charge in [0.25, 0.3) is 0 Å². The van der Waals surface area contributed by atoms with Crippen molar-refractivity contribution in [3.05, 3.63) is 29.6 Å². The van der Waals surface area contributed by atoms with Crippen molar-refractivity contribution < 1.29 is 14.3 Å². The third-order valence-corrected chi connectivity index (χ3v) is 2.76. The van der Waals surface area contributed by atoms with E-state index in [1.54, 1.807) is 6.07 Å². The molecule has 1 aromatic carbocycles. The van der Waals surface area contributed by atoms with Crippen LogP contribution in [0, 0.1) is 5.82 Å². The van der Waals surface area contributed by atoms with Crippen LogP contribution in [0.1, 0.15) is 10.4 Å². The maximum Gasteiger partial charge on any atom is 0.336 e. The highest BCUT2D eigenvalue weighted by Gasteiger charge is 2.12. The SMILES string of the molecule is Nc1cc2c(C(=O)O)cc(F)cc2s1. The van der Waals surface area contributed by atoms with Crippen LogP contribution < -0.4 is 5.73 Å². The van der Waals surface area contributed by atoms with Gasteiger partial charge in [-0.3, -0.25) is 0 Å². The van der Waals surface area contributed by atoms with E-state index in [1.807, 2.05) is 0 Å². The summed E-state index contributed by atoms with van der Waals surface area (Å²) in [6, 6.07) is 3.82. The lowest BCUT2D eigenvalue weighted by molar-refractivity contribution is 0.0698. The smallest absolute Gasteiger partial charge is 0.336 e. The summed E-state index contributed by atoms with van der Waals surface area (Å²) in [6.45, 7) is 0. The topological polar surface area (TPSA) is 63.3 Å². The number of thiophene rings is 1. The summed E-state index contributed by atoms with van der Waals surface area (Å²) >= 11 is 1.17. The van der Waals surface area contributed by atoms with E-state index in [1.165, 1.54) is 17.4 Å². The highest BCUT2D eigenvalue weighted by Crippen LogP contribution is 2.30. The summed E-state index contributed by atoms with van der Waals surface area (Å²) in [5.74, 6) is -1.70. The standard InChI is InChI=1S/C9H6FNO2S/c10-4-1-6(9(12)13)5-3-8(11)14-7(5)2-4/h1-3H,11H2,(H,12,13). The second-order valence-corrected chi connectivity index (χ2v) is 3.93. The minimum atomic E-state index is -1.15. The molecule has 3 N–H and O–H groups in total. The van der Waals surface area contributed by atoms with Gasteiger partial charge in [-0.05, 0) is 18.2 Å². The lowest BCUT2D eigenvalue weighted by atomic mass is 10.1. The van der Waals surface area contributed by atoms with Crippen molar-refractivity contribution in [1.82, 2.24) is 0 Å². The molecule has 0 spiro atoms. The van der Waals surface area contributed by atoms with Gasteiger partial charge in [0.1, 0.15) is 5.82 Å². The zero-order chi connectivity index (χ0) is 10.3. The number of nitrogens with two attached hydrogens (primary N) is 1. The van der Waals surface area contributed by atoms with Crippen LogP contribution in [0.2, 0.25) is 0 Å². The number of carboxylic acids is 1. The minimum absolute atomic E-state index is 0.0482. The maximum absolute atomic E-state index is 13.0. The average Bonchev–Trinajstić information content (AvgIpc) is 2.42. The second-order valence-electron chi connectivity index (χ2n) is 2.82. The van der Waals surface area contributed by atoms with Gasteiger partial charge >= 0.3 is 5.97 Å². The van der Waals surface area contributed by atoms with Gasteiger partial charge in [0, 0.05) is 10.1 Å². The summed E-state index contributed by atoms with van der Waals surface area (Å²) in [4.78, 5) is 10.8. The molecule has 0 atom stereocenters. The number of anilines is 1. The van der Waals surface area contributed by atoms with E-state index < -0.39 is 11.8 Å². The average molecular weight is 211 g/mol. The van der Waals surface area contributed by atoms with E-state index in [2.05, 4.69) is 0 Å². The van der Waals surface area contributed by atoms with Crippen molar-refractivity contribution in [2.24, 2.45) is 0 Å². The molecular weight excluding hydrogens is 205 g/mol. The Morgan fingerprint density at radius 1 is 1.43 bits per heavy atom. The van der Waals surface area contributed by atoms with E-state index in [0.29, 0.717) is 15.1 Å². The van der Waals surface area contributed by atoms with Crippen LogP contribution in [-0.2, 0) is 0 Å². The van der Waals surface area contributed by atoms with Gasteiger partial charge in [-0.1, -0.05) is 0 Å². The van der Waals surface area contributed by atoms with Crippen LogP contribution in [0.3, 0.4) is 0 Å². The first-order chi connectivity index (χ1) is 6.58. The first kappa shape index (κ1) is 8.96. The van der Waals surface area contributed by atoms with Crippen LogP contribution in [0.4, 0.5) is 9.39 Å². The van der Waals surface area contributed by atoms with E-state index in [0.717, 1.165) is 6.07 Å². The molecule has 72 valence electrons. The minimum Gasteiger partial charge on any atom is -0.478 e. The number of benzene rings is 1. The van der Waals surface area contributed by atoms with Gasteiger partial charge in [-0.25, -0.2) is 9.18 Å². The number of carbonyl (C=O) groups is 1. The largest absolute Gasteiger partial charge is 0.478 e. The fourth-order valence-electron chi connectivity index (χ4n) is 1.30. The zero-order valence-corrected chi connectivity index (χ0v) is 7.77. The Labute approximate surface area is 82.6 Å². The summed E-state index contributed by atoms with van der Waals surface area (Å²) in [6.07, 6.45) is 0. The first-order valence-electron chi connectivity index (χ1n) is 3.80. The summed E-state index contributed by atoms with van der Waals surface area (Å²) < 4.78 is 13.5. The maximum atomic E-state index is 13.0. The molecule has 3 nitrogen and oxygen atoms in total. The number of rotatable bonds is 1. The number of hydrogen-bond acceptors (Lipinski definition) is 3. The number of halogens is 1. The fraction of sp³-hybridized carbons (Fsp3) is 0. The molecule has 0 fully saturated rings. The number of hydrogen-bond donors (Lipinski definition) is 2. The summed E-state index contributed by atoms with van der Waals surface area (Å²) in [5, 5.41) is 9.78. The number of fused-ring (bicyclic) bond motifs is 1. The van der Waals surface area contributed by atoms with Crippen LogP contribution in [0.15, 0.2) is 18.2 Å². The molecule has 2 rings (SSSR count). The molecule has 1 heterocycles. The van der Waals surface area contributed by atoms with Crippen LogP contribution in [0.5, 0.6) is 0 Å². The molecule has 0 aliphatic heterocycles. The van der Waals surface area contributed by atoms with Gasteiger partial charge < -0.3 is 10.8 Å². The zero-order valence-electron chi connectivity index (χ0n) is 6.95. The predicted molar refractivity (Wildman–Crippen MR) is 53.2 cm³/mol. The van der Waals surface area contributed by atoms with Crippen LogP contribution >= 0.6 is 11.3 Å². The highest BCUT2D eigenvalue weighted by atomic mass is 32.1. The van der Waals surface area contributed by atoms with E-state index in [4.69, 9.17) is 10.8 Å². The van der Waals surface area contributed by atoms with Gasteiger partial charge in [0.05, 0.1) is 10.6 Å². The third-order valence-electron chi connectivity index (χ3n) is 1.85. The second kappa shape index (κ2) is 2.95. The highest BCUT2D eigenvalue weighted by molar-refractivity contribution is 7.22. The molecule has 0 radical (unpaired) electrons. The predicted octanol–water partition coefficient (Wildman–Crippen LogP) is 2.32. The molecular formula is C9H6FNO2S. The van der Waals surface area contributed by atoms with Gasteiger partial charge in [0.15, 0.2) is 0 Å². The fourth-order valence-corrected chi connectivity index (χ4v) is 2.18. The van der Waals surface area contributed by atoms with Gasteiger partial charge in [-0.2, -0.15) is 0 Å². The van der Waals surface area contributed by atoms with Gasteiger partial charge in [-0.15, -0.1) is 11.3 Å². The Morgan fingerprint density at radius 3 is 2.79 bits per heavy atom. The lowest BCUT2D eigenvalue weighted by Gasteiger charge is -1.96. The molecule has 1 aromatic heterocycles. The Bertz CT molecular complexity index is 521. The Balaban J connectivity index is 2.85. The van der Waals surface area contributed by atoms with Gasteiger partial charge in [0.2, 0.25) is 0 Å². The molecule has 0 saturated heterocycles. The van der Waals surface area contributed by atoms with Crippen LogP contribution in [0.25, 0.3) is 10.1 Å². The van der Waals surface area contributed by atoms with E-state index in [-0.39, 0.29) is 5.56 Å². The summed E-state index contributed by atoms with van der Waals surface area (Å²) in [5.41, 5.74) is 5.46. The normalized spacial score (nSPS) is 10.6. The Morgan fingerprint density at radius 2 is 2.14 bits per heavy atom. The molecule has 2 aromatic rings. The molecule has 0 aliphatic rings. The van der Waals surface area contributed by atoms with Crippen molar-refractivity contribution in [2.45, 2.75) is 0 Å². The van der Waals surface area contributed by atoms with Crippen molar-refractivity contribution in [1.29, 1.82) is 0 Å². The monoisotopic (exact) mass is 211 g/mol. The Hall–Kier alpha value is -1.62. The molecule has 0 aliphatic carbocycles. The van der Waals surface area contributed by atoms with Crippen molar-refractivity contribution in [3.8, 4) is 0 Å². The lowest BCUT2D eigenvalue weighted by Crippen LogP contribution is -1.97. The van der Waals surface area contributed by atoms with Crippen molar-refractivity contribution >= 4 is 32.4 Å². The van der Waals surface area contributed by atoms with E-state index >= 15 is 0 Å². The third kappa shape index (κ3) is 1.31. The number of carboxylic acid groups (broad SMARTS) is 1. The molecule has 5 heteroatoms. The first-order valence-corrected chi connectivity index (χ1v) is 4.61. The Kier molecular flexibility index (Phi) is 1.89. The number of nitrogen functional groups attached to an aromatic ring is 1. The molecule has 0 bridgehead atoms. The molecule has 14 heavy (non-hydrogen) atoms. The molecule has 0 saturated carbocycles. The molecule has 0 amide bonds. The van der Waals surface area contributed by atoms with Crippen LogP contribution in [-0.4, -0.2) is 11.1 Å². The quantitative estimate of drug-likeness (QED) is 0.760.